The van der Waals surface area contributed by atoms with E-state index < -0.39 is 0 Å². The van der Waals surface area contributed by atoms with Gasteiger partial charge in [-0.3, -0.25) is 13.6 Å². The van der Waals surface area contributed by atoms with Crippen LogP contribution in [-0.2, 0) is 29.1 Å². The molecule has 0 fully saturated rings. The van der Waals surface area contributed by atoms with Gasteiger partial charge in [0, 0.05) is 0 Å². The van der Waals surface area contributed by atoms with Crippen LogP contribution < -0.4 is 0 Å². The molecule has 0 aliphatic heterocycles. The van der Waals surface area contributed by atoms with Crippen molar-refractivity contribution >= 4 is 13.6 Å². The molecule has 0 aromatic heterocycles. The van der Waals surface area contributed by atoms with Gasteiger partial charge in [-0.05, 0) is 0 Å². The Morgan fingerprint density at radius 2 is 0.871 bits per heavy atom. The van der Waals surface area contributed by atoms with E-state index in [-0.39, 0.29) is 42.9 Å². The molecule has 0 radical (unpaired) electrons. The monoisotopic (exact) mass is 528 g/mol. The van der Waals surface area contributed by atoms with Gasteiger partial charge in [-0.1, -0.05) is 108 Å². The Kier molecular flexibility index (Phi) is 36.9. The van der Waals surface area contributed by atoms with Gasteiger partial charge in [0.1, 0.15) is 0 Å². The smallest absolute Gasteiger partial charge is 0.678 e. The zero-order valence-corrected chi connectivity index (χ0v) is 23.7. The van der Waals surface area contributed by atoms with Crippen LogP contribution in [0.15, 0.2) is 0 Å². The fourth-order valence-electron chi connectivity index (χ4n) is 2.48. The average Bonchev–Trinajstić information content (AvgIpc) is 2.66. The van der Waals surface area contributed by atoms with Crippen molar-refractivity contribution in [2.75, 3.05) is 13.1 Å². The van der Waals surface area contributed by atoms with E-state index in [9.17, 15) is 0 Å². The third-order valence-electron chi connectivity index (χ3n) is 3.49. The number of hydrogen-bond acceptors (Lipinski definition) is 2. The predicted octanol–water partition coefficient (Wildman–Crippen LogP) is 7.59. The second-order valence-electron chi connectivity index (χ2n) is 8.84. The van der Waals surface area contributed by atoms with Gasteiger partial charge in [0.25, 0.3) is 0 Å². The van der Waals surface area contributed by atoms with Crippen LogP contribution in [0, 0.1) is 0 Å². The van der Waals surface area contributed by atoms with E-state index in [1.165, 1.54) is 25.7 Å². The zero-order chi connectivity index (χ0) is 24.6. The number of hydrogen-bond donors (Lipinski definition) is 0. The molecule has 2 atom stereocenters. The quantitative estimate of drug-likeness (QED) is 0.149. The van der Waals surface area contributed by atoms with Crippen LogP contribution >= 0.6 is 0 Å². The summed E-state index contributed by atoms with van der Waals surface area (Å²) in [6.45, 7) is 29.7. The van der Waals surface area contributed by atoms with Crippen LogP contribution in [0.4, 0.5) is 0 Å². The third-order valence-corrected chi connectivity index (χ3v) is 3.49. The largest absolute Gasteiger partial charge is 6.00 e. The molecule has 0 saturated carbocycles. The molecule has 31 heavy (non-hydrogen) atoms. The van der Waals surface area contributed by atoms with Crippen LogP contribution in [-0.4, -0.2) is 50.1 Å². The number of nitrogens with zero attached hydrogens (tertiary/aromatic N) is 4. The molecular formula is C24H50N4O2Ru. The first-order valence-electron chi connectivity index (χ1n) is 11.2. The summed E-state index contributed by atoms with van der Waals surface area (Å²) in [4.78, 5) is 15.5. The minimum absolute atomic E-state index is 0. The van der Waals surface area contributed by atoms with Crippen molar-refractivity contribution in [3.05, 3.63) is 21.3 Å². The summed E-state index contributed by atoms with van der Waals surface area (Å²) >= 11 is 0. The maximum atomic E-state index is 7.75. The molecular weight excluding hydrogens is 477 g/mol. The minimum Gasteiger partial charge on any atom is -0.678 e. The van der Waals surface area contributed by atoms with E-state index in [2.05, 4.69) is 104 Å². The second-order valence-corrected chi connectivity index (χ2v) is 8.84. The molecule has 0 aromatic carbocycles. The van der Waals surface area contributed by atoms with E-state index in [4.69, 9.17) is 9.59 Å². The molecule has 6 nitrogen and oxygen atoms in total. The predicted molar refractivity (Wildman–Crippen MR) is 134 cm³/mol. The van der Waals surface area contributed by atoms with Crippen LogP contribution in [0.3, 0.4) is 0 Å². The van der Waals surface area contributed by atoms with Gasteiger partial charge in [0.15, 0.2) is 0 Å². The molecule has 0 amide bonds. The first-order valence-corrected chi connectivity index (χ1v) is 11.2. The summed E-state index contributed by atoms with van der Waals surface area (Å²) in [6.07, 6.45) is 7.60. The van der Waals surface area contributed by atoms with E-state index in [0.717, 1.165) is 25.9 Å². The Morgan fingerprint density at radius 1 is 0.613 bits per heavy atom. The Balaban J connectivity index is -0.000000122. The number of unbranched alkanes of at least 4 members (excludes halogenated alkanes) is 2. The van der Waals surface area contributed by atoms with Crippen molar-refractivity contribution < 1.29 is 29.1 Å². The van der Waals surface area contributed by atoms with Gasteiger partial charge in [-0.2, -0.15) is 13.1 Å². The Bertz CT molecular complexity index is 303. The first-order chi connectivity index (χ1) is 14.0. The molecule has 2 unspecified atom stereocenters. The molecule has 0 spiro atoms. The zero-order valence-electron chi connectivity index (χ0n) is 21.9. The van der Waals surface area contributed by atoms with Crippen molar-refractivity contribution in [1.82, 2.24) is 0 Å². The summed E-state index contributed by atoms with van der Waals surface area (Å²) in [5, 5.41) is 18.3. The Labute approximate surface area is 208 Å². The maximum absolute atomic E-state index is 7.75. The van der Waals surface area contributed by atoms with Gasteiger partial charge < -0.3 is 30.9 Å². The molecule has 186 valence electrons. The molecule has 0 N–H and O–H groups in total. The number of carbonyl (C=O) groups excluding carboxylic acids is 2. The fourth-order valence-corrected chi connectivity index (χ4v) is 2.48. The van der Waals surface area contributed by atoms with E-state index >= 15 is 0 Å². The van der Waals surface area contributed by atoms with Crippen molar-refractivity contribution in [3.63, 3.8) is 0 Å². The normalized spacial score (nSPS) is 12.5. The standard InChI is InChI=1S/2C11H24N2.2CHO.Ru/c2*1-6-8-9-10(12-7-2)13-11(3,4)5;2*1-2;/h2*10H,6-9H2,1-5H3;2*1H;/q2*-2;2*-1;+6. The fraction of sp³-hybridized carbons (Fsp3) is 0.917. The van der Waals surface area contributed by atoms with Crippen molar-refractivity contribution in [2.24, 2.45) is 0 Å². The van der Waals surface area contributed by atoms with Crippen molar-refractivity contribution in [3.8, 4) is 0 Å². The van der Waals surface area contributed by atoms with Gasteiger partial charge >= 0.3 is 19.5 Å². The molecule has 0 rings (SSSR count). The summed E-state index contributed by atoms with van der Waals surface area (Å²) in [7, 11) is 0. The molecule has 0 aliphatic rings. The van der Waals surface area contributed by atoms with Gasteiger partial charge in [-0.25, -0.2) is 12.3 Å². The summed E-state index contributed by atoms with van der Waals surface area (Å²) in [5.41, 5.74) is 0.105. The van der Waals surface area contributed by atoms with Crippen LogP contribution in [0.2, 0.25) is 0 Å². The minimum atomic E-state index is 0. The van der Waals surface area contributed by atoms with Crippen molar-refractivity contribution in [1.29, 1.82) is 0 Å². The maximum Gasteiger partial charge on any atom is 6.00 e. The van der Waals surface area contributed by atoms with E-state index in [0.29, 0.717) is 0 Å². The van der Waals surface area contributed by atoms with Gasteiger partial charge in [0.2, 0.25) is 0 Å². The summed E-state index contributed by atoms with van der Waals surface area (Å²) in [5.74, 6) is 0. The third kappa shape index (κ3) is 40.7. The SMILES string of the molecule is CCCCC([N-]CC)[N-]C(C)(C)C.CCCCC([N-]CC)[N-]C(C)(C)C.[CH-]=O.[CH-]=O.[Ru+6]. The molecule has 0 saturated heterocycles. The van der Waals surface area contributed by atoms with Crippen LogP contribution in [0.5, 0.6) is 0 Å². The summed E-state index contributed by atoms with van der Waals surface area (Å²) in [6, 6.07) is 0. The van der Waals surface area contributed by atoms with Crippen LogP contribution in [0.1, 0.15) is 108 Å². The average molecular weight is 528 g/mol. The van der Waals surface area contributed by atoms with Gasteiger partial charge in [-0.15, -0.1) is 11.1 Å². The molecule has 7 heteroatoms. The number of rotatable bonds is 12. The Morgan fingerprint density at radius 3 is 1.03 bits per heavy atom. The molecule has 0 aliphatic carbocycles. The Hall–Kier alpha value is -0.197. The summed E-state index contributed by atoms with van der Waals surface area (Å²) < 4.78 is 0. The van der Waals surface area contributed by atoms with Crippen molar-refractivity contribution in [2.45, 2.75) is 131 Å². The first kappa shape index (κ1) is 41.1. The molecule has 0 heterocycles. The van der Waals surface area contributed by atoms with E-state index in [1.807, 2.05) is 0 Å². The second kappa shape index (κ2) is 27.8. The van der Waals surface area contributed by atoms with Gasteiger partial charge in [0.05, 0.1) is 0 Å². The molecule has 0 bridgehead atoms. The van der Waals surface area contributed by atoms with Crippen LogP contribution in [0.25, 0.3) is 21.3 Å². The topological polar surface area (TPSA) is 90.5 Å². The molecule has 0 aromatic rings. The van der Waals surface area contributed by atoms with E-state index in [1.54, 1.807) is 0 Å².